The number of rotatable bonds is 5. The van der Waals surface area contributed by atoms with E-state index < -0.39 is 0 Å². The van der Waals surface area contributed by atoms with Crippen molar-refractivity contribution in [3.8, 4) is 0 Å². The highest BCUT2D eigenvalue weighted by Gasteiger charge is 2.15. The topological polar surface area (TPSA) is 16.4 Å². The number of anilines is 1. The zero-order valence-corrected chi connectivity index (χ0v) is 11.5. The third kappa shape index (κ3) is 3.08. The predicted octanol–water partition coefficient (Wildman–Crippen LogP) is 4.39. The van der Waals surface area contributed by atoms with Gasteiger partial charge in [-0.3, -0.25) is 0 Å². The molecule has 2 aromatic rings. The average molecular weight is 264 g/mol. The fraction of sp³-hybridized carbons (Fsp3) is 0.333. The van der Waals surface area contributed by atoms with E-state index in [2.05, 4.69) is 43.0 Å². The van der Waals surface area contributed by atoms with E-state index in [9.17, 15) is 0 Å². The number of furan rings is 1. The van der Waals surface area contributed by atoms with Gasteiger partial charge in [0.1, 0.15) is 11.1 Å². The van der Waals surface area contributed by atoms with Crippen molar-refractivity contribution < 1.29 is 4.42 Å². The summed E-state index contributed by atoms with van der Waals surface area (Å²) < 4.78 is 5.34. The van der Waals surface area contributed by atoms with E-state index in [-0.39, 0.29) is 5.38 Å². The van der Waals surface area contributed by atoms with Gasteiger partial charge < -0.3 is 9.32 Å². The Hall–Kier alpha value is -1.41. The Kier molecular flexibility index (Phi) is 4.32. The van der Waals surface area contributed by atoms with Gasteiger partial charge in [-0.05, 0) is 43.7 Å². The lowest BCUT2D eigenvalue weighted by Crippen LogP contribution is -2.26. The normalized spacial score (nSPS) is 12.4. The number of aryl methyl sites for hydroxylation is 1. The van der Waals surface area contributed by atoms with Gasteiger partial charge in [-0.2, -0.15) is 0 Å². The molecular formula is C15H18ClNO. The molecule has 18 heavy (non-hydrogen) atoms. The quantitative estimate of drug-likeness (QED) is 0.744. The maximum atomic E-state index is 6.38. The van der Waals surface area contributed by atoms with Gasteiger partial charge in [0.05, 0.1) is 6.26 Å². The molecule has 1 atom stereocenters. The van der Waals surface area contributed by atoms with E-state index in [1.807, 2.05) is 12.1 Å². The largest absolute Gasteiger partial charge is 0.468 e. The molecule has 1 aromatic heterocycles. The maximum Gasteiger partial charge on any atom is 0.123 e. The summed E-state index contributed by atoms with van der Waals surface area (Å²) in [5.41, 5.74) is 2.46. The highest BCUT2D eigenvalue weighted by Crippen LogP contribution is 2.25. The Morgan fingerprint density at radius 1 is 1.28 bits per heavy atom. The summed E-state index contributed by atoms with van der Waals surface area (Å²) in [5, 5.41) is -0.125. The molecule has 2 rings (SSSR count). The lowest BCUT2D eigenvalue weighted by atomic mass is 10.2. The van der Waals surface area contributed by atoms with E-state index in [1.54, 1.807) is 6.26 Å². The van der Waals surface area contributed by atoms with Crippen LogP contribution in [0.5, 0.6) is 0 Å². The van der Waals surface area contributed by atoms with Crippen LogP contribution in [0.2, 0.25) is 0 Å². The zero-order chi connectivity index (χ0) is 13.0. The Bertz CT molecular complexity index is 481. The number of hydrogen-bond donors (Lipinski definition) is 0. The molecule has 0 amide bonds. The van der Waals surface area contributed by atoms with Crippen molar-refractivity contribution in [3.63, 3.8) is 0 Å². The Labute approximate surface area is 113 Å². The minimum absolute atomic E-state index is 0.125. The van der Waals surface area contributed by atoms with Crippen LogP contribution in [0.25, 0.3) is 0 Å². The molecule has 3 heteroatoms. The smallest absolute Gasteiger partial charge is 0.123 e. The first kappa shape index (κ1) is 13.0. The fourth-order valence-electron chi connectivity index (χ4n) is 1.99. The van der Waals surface area contributed by atoms with E-state index in [0.717, 1.165) is 18.8 Å². The predicted molar refractivity (Wildman–Crippen MR) is 76.4 cm³/mol. The molecule has 0 radical (unpaired) electrons. The molecule has 0 bridgehead atoms. The van der Waals surface area contributed by atoms with Crippen LogP contribution in [0.1, 0.15) is 23.6 Å². The second-order valence-electron chi connectivity index (χ2n) is 4.36. The monoisotopic (exact) mass is 263 g/mol. The first-order chi connectivity index (χ1) is 8.70. The molecule has 0 aliphatic heterocycles. The summed E-state index contributed by atoms with van der Waals surface area (Å²) in [5.74, 6) is 0.822. The van der Waals surface area contributed by atoms with Gasteiger partial charge in [-0.25, -0.2) is 0 Å². The van der Waals surface area contributed by atoms with Crippen LogP contribution < -0.4 is 4.90 Å². The zero-order valence-electron chi connectivity index (χ0n) is 10.8. The van der Waals surface area contributed by atoms with Crippen molar-refractivity contribution in [2.24, 2.45) is 0 Å². The summed E-state index contributed by atoms with van der Waals surface area (Å²) in [6.07, 6.45) is 1.66. The van der Waals surface area contributed by atoms with E-state index >= 15 is 0 Å². The molecule has 0 saturated heterocycles. The van der Waals surface area contributed by atoms with Crippen molar-refractivity contribution in [1.29, 1.82) is 0 Å². The molecule has 1 unspecified atom stereocenters. The van der Waals surface area contributed by atoms with Crippen molar-refractivity contribution in [2.45, 2.75) is 19.2 Å². The highest BCUT2D eigenvalue weighted by molar-refractivity contribution is 6.20. The first-order valence-electron chi connectivity index (χ1n) is 6.19. The van der Waals surface area contributed by atoms with Gasteiger partial charge in [-0.15, -0.1) is 11.6 Å². The lowest BCUT2D eigenvalue weighted by molar-refractivity contribution is 0.501. The molecule has 0 aliphatic rings. The Balaban J connectivity index is 2.10. The third-order valence-electron chi connectivity index (χ3n) is 2.98. The maximum absolute atomic E-state index is 6.38. The van der Waals surface area contributed by atoms with Crippen molar-refractivity contribution in [2.75, 3.05) is 18.0 Å². The van der Waals surface area contributed by atoms with E-state index in [1.165, 1.54) is 11.3 Å². The minimum atomic E-state index is -0.125. The summed E-state index contributed by atoms with van der Waals surface area (Å²) in [6.45, 7) is 5.90. The van der Waals surface area contributed by atoms with E-state index in [4.69, 9.17) is 16.0 Å². The molecule has 0 fully saturated rings. The van der Waals surface area contributed by atoms with Crippen LogP contribution in [0, 0.1) is 6.92 Å². The summed E-state index contributed by atoms with van der Waals surface area (Å²) >= 11 is 6.38. The number of halogens is 1. The summed E-state index contributed by atoms with van der Waals surface area (Å²) in [6, 6.07) is 12.2. The van der Waals surface area contributed by atoms with Crippen molar-refractivity contribution in [3.05, 3.63) is 54.0 Å². The molecule has 96 valence electrons. The van der Waals surface area contributed by atoms with E-state index in [0.29, 0.717) is 0 Å². The van der Waals surface area contributed by atoms with Crippen LogP contribution in [0.4, 0.5) is 5.69 Å². The molecular weight excluding hydrogens is 246 g/mol. The van der Waals surface area contributed by atoms with Crippen LogP contribution in [-0.4, -0.2) is 13.1 Å². The molecule has 0 saturated carbocycles. The third-order valence-corrected chi connectivity index (χ3v) is 3.33. The lowest BCUT2D eigenvalue weighted by Gasteiger charge is -2.25. The Morgan fingerprint density at radius 3 is 2.72 bits per heavy atom. The average Bonchev–Trinajstić information content (AvgIpc) is 2.89. The first-order valence-corrected chi connectivity index (χ1v) is 6.63. The van der Waals surface area contributed by atoms with Crippen LogP contribution >= 0.6 is 11.6 Å². The standard InChI is InChI=1S/C15H18ClNO/c1-3-17(13-7-4-6-12(2)10-13)11-14(16)15-8-5-9-18-15/h4-10,14H,3,11H2,1-2H3. The van der Waals surface area contributed by atoms with Crippen LogP contribution in [0.3, 0.4) is 0 Å². The highest BCUT2D eigenvalue weighted by atomic mass is 35.5. The summed E-state index contributed by atoms with van der Waals surface area (Å²) in [7, 11) is 0. The molecule has 2 nitrogen and oxygen atoms in total. The Morgan fingerprint density at radius 2 is 2.11 bits per heavy atom. The molecule has 1 heterocycles. The van der Waals surface area contributed by atoms with Gasteiger partial charge in [-0.1, -0.05) is 12.1 Å². The van der Waals surface area contributed by atoms with Crippen LogP contribution in [0.15, 0.2) is 47.1 Å². The minimum Gasteiger partial charge on any atom is -0.468 e. The molecule has 0 aliphatic carbocycles. The number of nitrogens with zero attached hydrogens (tertiary/aromatic N) is 1. The van der Waals surface area contributed by atoms with Crippen molar-refractivity contribution in [1.82, 2.24) is 0 Å². The fourth-order valence-corrected chi connectivity index (χ4v) is 2.29. The molecule has 1 aromatic carbocycles. The van der Waals surface area contributed by atoms with Gasteiger partial charge in [0.2, 0.25) is 0 Å². The van der Waals surface area contributed by atoms with Crippen LogP contribution in [-0.2, 0) is 0 Å². The SMILES string of the molecule is CCN(CC(Cl)c1ccco1)c1cccc(C)c1. The second-order valence-corrected chi connectivity index (χ2v) is 4.89. The number of hydrogen-bond acceptors (Lipinski definition) is 2. The van der Waals surface area contributed by atoms with Gasteiger partial charge in [0, 0.05) is 18.8 Å². The number of benzene rings is 1. The molecule has 0 N–H and O–H groups in total. The number of alkyl halides is 1. The summed E-state index contributed by atoms with van der Waals surface area (Å²) in [4.78, 5) is 2.26. The van der Waals surface area contributed by atoms with Crippen molar-refractivity contribution >= 4 is 17.3 Å². The number of likely N-dealkylation sites (N-methyl/N-ethyl adjacent to an activating group) is 1. The second kappa shape index (κ2) is 5.96. The van der Waals surface area contributed by atoms with Gasteiger partial charge in [0.15, 0.2) is 0 Å². The van der Waals surface area contributed by atoms with Gasteiger partial charge >= 0.3 is 0 Å². The molecule has 0 spiro atoms. The van der Waals surface area contributed by atoms with Gasteiger partial charge in [0.25, 0.3) is 0 Å².